The predicted octanol–water partition coefficient (Wildman–Crippen LogP) is 4.00. The molecule has 0 amide bonds. The van der Waals surface area contributed by atoms with Crippen LogP contribution in [0.15, 0.2) is 48.8 Å². The highest BCUT2D eigenvalue weighted by Gasteiger charge is 2.15. The smallest absolute Gasteiger partial charge is 0.227 e. The van der Waals surface area contributed by atoms with Crippen LogP contribution in [0.2, 0.25) is 0 Å². The van der Waals surface area contributed by atoms with Crippen LogP contribution in [0.4, 0.5) is 26.1 Å². The van der Waals surface area contributed by atoms with Gasteiger partial charge in [-0.1, -0.05) is 6.07 Å². The predicted molar refractivity (Wildman–Crippen MR) is 106 cm³/mol. The number of hydrogen-bond donors (Lipinski definition) is 1. The molecule has 30 heavy (non-hydrogen) atoms. The van der Waals surface area contributed by atoms with E-state index in [2.05, 4.69) is 20.2 Å². The second-order valence-electron chi connectivity index (χ2n) is 6.46. The van der Waals surface area contributed by atoms with Crippen molar-refractivity contribution in [1.29, 1.82) is 5.26 Å². The Morgan fingerprint density at radius 2 is 1.83 bits per heavy atom. The number of rotatable bonds is 5. The number of halogens is 2. The summed E-state index contributed by atoms with van der Waals surface area (Å²) >= 11 is 0. The van der Waals surface area contributed by atoms with Crippen molar-refractivity contribution in [3.05, 3.63) is 66.0 Å². The molecule has 1 saturated heterocycles. The van der Waals surface area contributed by atoms with Crippen molar-refractivity contribution in [2.75, 3.05) is 36.5 Å². The second kappa shape index (κ2) is 8.71. The summed E-state index contributed by atoms with van der Waals surface area (Å²) in [5.41, 5.74) is 0.273. The molecule has 1 aromatic heterocycles. The highest BCUT2D eigenvalue weighted by Crippen LogP contribution is 2.27. The van der Waals surface area contributed by atoms with Crippen LogP contribution in [0.1, 0.15) is 5.56 Å². The van der Waals surface area contributed by atoms with Crippen molar-refractivity contribution >= 4 is 17.3 Å². The van der Waals surface area contributed by atoms with Crippen molar-refractivity contribution in [2.24, 2.45) is 0 Å². The zero-order valence-corrected chi connectivity index (χ0v) is 15.8. The monoisotopic (exact) mass is 409 g/mol. The lowest BCUT2D eigenvalue weighted by Crippen LogP contribution is -2.36. The van der Waals surface area contributed by atoms with E-state index in [1.54, 1.807) is 0 Å². The molecular formula is C21H17F2N5O2. The van der Waals surface area contributed by atoms with Gasteiger partial charge in [-0.25, -0.2) is 18.7 Å². The molecule has 1 N–H and O–H groups in total. The van der Waals surface area contributed by atoms with Crippen LogP contribution >= 0.6 is 0 Å². The summed E-state index contributed by atoms with van der Waals surface area (Å²) in [6.07, 6.45) is 2.87. The lowest BCUT2D eigenvalue weighted by atomic mass is 10.2. The molecule has 4 rings (SSSR count). The number of aromatic nitrogens is 2. The Bertz CT molecular complexity index is 1080. The lowest BCUT2D eigenvalue weighted by molar-refractivity contribution is 0.122. The maximum Gasteiger partial charge on any atom is 0.227 e. The number of nitrogens with one attached hydrogen (secondary N) is 1. The van der Waals surface area contributed by atoms with Gasteiger partial charge < -0.3 is 19.7 Å². The number of nitrogens with zero attached hydrogens (tertiary/aromatic N) is 4. The van der Waals surface area contributed by atoms with Crippen LogP contribution in [0, 0.1) is 23.0 Å². The van der Waals surface area contributed by atoms with E-state index in [0.717, 1.165) is 24.8 Å². The molecule has 0 bridgehead atoms. The molecule has 9 heteroatoms. The fourth-order valence-corrected chi connectivity index (χ4v) is 3.01. The Hall–Kier alpha value is -3.77. The molecule has 0 aliphatic carbocycles. The molecule has 0 saturated carbocycles. The van der Waals surface area contributed by atoms with Crippen molar-refractivity contribution in [1.82, 2.24) is 9.97 Å². The third-order valence-corrected chi connectivity index (χ3v) is 4.51. The highest BCUT2D eigenvalue weighted by molar-refractivity contribution is 5.58. The fourth-order valence-electron chi connectivity index (χ4n) is 3.01. The zero-order chi connectivity index (χ0) is 20.9. The summed E-state index contributed by atoms with van der Waals surface area (Å²) in [4.78, 5) is 10.4. The van der Waals surface area contributed by atoms with Gasteiger partial charge in [-0.15, -0.1) is 0 Å². The molecule has 152 valence electrons. The molecule has 7 nitrogen and oxygen atoms in total. The molecule has 2 heterocycles. The van der Waals surface area contributed by atoms with E-state index < -0.39 is 17.2 Å². The quantitative estimate of drug-likeness (QED) is 0.682. The van der Waals surface area contributed by atoms with Crippen LogP contribution in [0.3, 0.4) is 0 Å². The standard InChI is InChI=1S/C21H17F2N5O2/c22-18-4-5-19(20(23)17(18)11-24)27-21-25-12-16(13-26-21)30-15-3-1-2-14(10-15)28-6-8-29-9-7-28/h1-5,10,12-13H,6-9H2,(H,25,26,27). The van der Waals surface area contributed by atoms with Crippen molar-refractivity contribution in [2.45, 2.75) is 0 Å². The third kappa shape index (κ3) is 4.29. The van der Waals surface area contributed by atoms with Gasteiger partial charge in [0, 0.05) is 24.8 Å². The van der Waals surface area contributed by atoms with E-state index in [9.17, 15) is 8.78 Å². The Balaban J connectivity index is 1.45. The van der Waals surface area contributed by atoms with Crippen LogP contribution in [0.25, 0.3) is 0 Å². The van der Waals surface area contributed by atoms with Crippen LogP contribution < -0.4 is 15.0 Å². The SMILES string of the molecule is N#Cc1c(F)ccc(Nc2ncc(Oc3cccc(N4CCOCC4)c3)cn2)c1F. The maximum absolute atomic E-state index is 14.2. The molecule has 0 atom stereocenters. The summed E-state index contributed by atoms with van der Waals surface area (Å²) in [5.74, 6) is -0.812. The largest absolute Gasteiger partial charge is 0.454 e. The van der Waals surface area contributed by atoms with Gasteiger partial charge >= 0.3 is 0 Å². The Labute approximate surface area is 171 Å². The minimum absolute atomic E-state index is 0.0822. The number of ether oxygens (including phenoxy) is 2. The number of hydrogen-bond acceptors (Lipinski definition) is 7. The van der Waals surface area contributed by atoms with Crippen molar-refractivity contribution in [3.8, 4) is 17.6 Å². The first-order chi connectivity index (χ1) is 14.6. The Morgan fingerprint density at radius 3 is 2.57 bits per heavy atom. The van der Waals surface area contributed by atoms with E-state index in [1.165, 1.54) is 24.5 Å². The average Bonchev–Trinajstić information content (AvgIpc) is 2.78. The minimum Gasteiger partial charge on any atom is -0.454 e. The summed E-state index contributed by atoms with van der Waals surface area (Å²) in [6.45, 7) is 3.02. The molecule has 2 aromatic carbocycles. The molecule has 0 spiro atoms. The number of nitriles is 1. The van der Waals surface area contributed by atoms with E-state index >= 15 is 0 Å². The summed E-state index contributed by atoms with van der Waals surface area (Å²) < 4.78 is 38.8. The zero-order valence-electron chi connectivity index (χ0n) is 15.8. The second-order valence-corrected chi connectivity index (χ2v) is 6.46. The first kappa shape index (κ1) is 19.5. The van der Waals surface area contributed by atoms with Crippen LogP contribution in [0.5, 0.6) is 11.5 Å². The molecule has 0 unspecified atom stereocenters. The van der Waals surface area contributed by atoms with Gasteiger partial charge in [-0.3, -0.25) is 0 Å². The molecule has 1 fully saturated rings. The van der Waals surface area contributed by atoms with Gasteiger partial charge in [-0.2, -0.15) is 5.26 Å². The highest BCUT2D eigenvalue weighted by atomic mass is 19.1. The summed E-state index contributed by atoms with van der Waals surface area (Å²) in [5, 5.41) is 11.5. The molecule has 3 aromatic rings. The van der Waals surface area contributed by atoms with Gasteiger partial charge in [0.05, 0.1) is 31.3 Å². The van der Waals surface area contributed by atoms with Gasteiger partial charge in [-0.05, 0) is 24.3 Å². The van der Waals surface area contributed by atoms with E-state index in [-0.39, 0.29) is 11.6 Å². The first-order valence-electron chi connectivity index (χ1n) is 9.22. The van der Waals surface area contributed by atoms with E-state index in [1.807, 2.05) is 24.3 Å². The molecule has 1 aliphatic heterocycles. The average molecular weight is 409 g/mol. The topological polar surface area (TPSA) is 83.3 Å². The van der Waals surface area contributed by atoms with Gasteiger partial charge in [0.15, 0.2) is 11.6 Å². The molecular weight excluding hydrogens is 392 g/mol. The summed E-state index contributed by atoms with van der Waals surface area (Å²) in [6, 6.07) is 11.3. The lowest BCUT2D eigenvalue weighted by Gasteiger charge is -2.29. The van der Waals surface area contributed by atoms with E-state index in [0.29, 0.717) is 24.7 Å². The van der Waals surface area contributed by atoms with Gasteiger partial charge in [0.2, 0.25) is 5.95 Å². The van der Waals surface area contributed by atoms with E-state index in [4.69, 9.17) is 14.7 Å². The summed E-state index contributed by atoms with van der Waals surface area (Å²) in [7, 11) is 0. The number of anilines is 3. The van der Waals surface area contributed by atoms with Crippen molar-refractivity contribution in [3.63, 3.8) is 0 Å². The number of benzene rings is 2. The van der Waals surface area contributed by atoms with Crippen molar-refractivity contribution < 1.29 is 18.3 Å². The fraction of sp³-hybridized carbons (Fsp3) is 0.190. The van der Waals surface area contributed by atoms with Gasteiger partial charge in [0.1, 0.15) is 23.2 Å². The number of morpholine rings is 1. The molecule has 0 radical (unpaired) electrons. The van der Waals surface area contributed by atoms with Crippen LogP contribution in [-0.2, 0) is 4.74 Å². The third-order valence-electron chi connectivity index (χ3n) is 4.51. The maximum atomic E-state index is 14.2. The first-order valence-corrected chi connectivity index (χ1v) is 9.22. The Morgan fingerprint density at radius 1 is 1.07 bits per heavy atom. The normalized spacial score (nSPS) is 13.6. The van der Waals surface area contributed by atoms with Gasteiger partial charge in [0.25, 0.3) is 0 Å². The Kier molecular flexibility index (Phi) is 5.68. The van der Waals surface area contributed by atoms with Crippen LogP contribution in [-0.4, -0.2) is 36.3 Å². The molecule has 1 aliphatic rings. The minimum atomic E-state index is -0.999.